The van der Waals surface area contributed by atoms with E-state index >= 15 is 0 Å². The predicted molar refractivity (Wildman–Crippen MR) is 59.9 cm³/mol. The summed E-state index contributed by atoms with van der Waals surface area (Å²) >= 11 is 1.74. The minimum Gasteiger partial charge on any atom is -0.481 e. The highest BCUT2D eigenvalue weighted by Gasteiger charge is 2.36. The molecule has 0 aromatic rings. The van der Waals surface area contributed by atoms with Gasteiger partial charge in [-0.1, -0.05) is 0 Å². The topological polar surface area (TPSA) is 57.6 Å². The summed E-state index contributed by atoms with van der Waals surface area (Å²) in [6.07, 6.45) is 3.12. The number of nitrogens with zero attached hydrogens (tertiary/aromatic N) is 1. The SMILES string of the molecule is CSCCC(C)N1CC(C(=O)O)CC1=O. The number of thioether (sulfide) groups is 1. The lowest BCUT2D eigenvalue weighted by Gasteiger charge is -2.24. The summed E-state index contributed by atoms with van der Waals surface area (Å²) in [5, 5.41) is 8.82. The number of carboxylic acids is 1. The monoisotopic (exact) mass is 231 g/mol. The minimum atomic E-state index is -0.858. The van der Waals surface area contributed by atoms with Crippen LogP contribution >= 0.6 is 11.8 Å². The Bertz CT molecular complexity index is 257. The third-order valence-corrected chi connectivity index (χ3v) is 3.42. The fraction of sp³-hybridized carbons (Fsp3) is 0.800. The molecule has 1 rings (SSSR count). The second kappa shape index (κ2) is 5.39. The normalized spacial score (nSPS) is 23.2. The van der Waals surface area contributed by atoms with E-state index in [1.807, 2.05) is 13.2 Å². The Morgan fingerprint density at radius 3 is 2.87 bits per heavy atom. The second-order valence-corrected chi connectivity index (χ2v) is 4.90. The Morgan fingerprint density at radius 1 is 1.73 bits per heavy atom. The van der Waals surface area contributed by atoms with E-state index in [1.54, 1.807) is 16.7 Å². The molecule has 4 nitrogen and oxygen atoms in total. The number of carboxylic acid groups (broad SMARTS) is 1. The van der Waals surface area contributed by atoms with Crippen molar-refractivity contribution >= 4 is 23.6 Å². The van der Waals surface area contributed by atoms with Gasteiger partial charge < -0.3 is 10.0 Å². The molecule has 15 heavy (non-hydrogen) atoms. The van der Waals surface area contributed by atoms with E-state index in [0.29, 0.717) is 6.54 Å². The van der Waals surface area contributed by atoms with Crippen LogP contribution in [-0.4, -0.2) is 46.5 Å². The maximum absolute atomic E-state index is 11.5. The Morgan fingerprint density at radius 2 is 2.40 bits per heavy atom. The van der Waals surface area contributed by atoms with E-state index in [-0.39, 0.29) is 18.4 Å². The van der Waals surface area contributed by atoms with Gasteiger partial charge in [-0.25, -0.2) is 0 Å². The van der Waals surface area contributed by atoms with Crippen LogP contribution in [0.2, 0.25) is 0 Å². The average Bonchev–Trinajstić information content (AvgIpc) is 2.57. The molecule has 0 aromatic carbocycles. The molecule has 86 valence electrons. The molecular formula is C10H17NO3S. The van der Waals surface area contributed by atoms with Crippen LogP contribution in [0.25, 0.3) is 0 Å². The first kappa shape index (κ1) is 12.4. The molecule has 0 bridgehead atoms. The molecule has 2 atom stereocenters. The first-order valence-corrected chi connectivity index (χ1v) is 6.46. The van der Waals surface area contributed by atoms with Crippen molar-refractivity contribution in [2.45, 2.75) is 25.8 Å². The van der Waals surface area contributed by atoms with E-state index in [4.69, 9.17) is 5.11 Å². The molecule has 1 aliphatic heterocycles. The number of likely N-dealkylation sites (tertiary alicyclic amines) is 1. The lowest BCUT2D eigenvalue weighted by Crippen LogP contribution is -2.35. The Balaban J connectivity index is 2.49. The zero-order chi connectivity index (χ0) is 11.4. The number of carbonyl (C=O) groups excluding carboxylic acids is 1. The summed E-state index contributed by atoms with van der Waals surface area (Å²) < 4.78 is 0. The molecule has 5 heteroatoms. The van der Waals surface area contributed by atoms with Gasteiger partial charge in [0.15, 0.2) is 0 Å². The number of carbonyl (C=O) groups is 2. The average molecular weight is 231 g/mol. The second-order valence-electron chi connectivity index (χ2n) is 3.92. The number of aliphatic carboxylic acids is 1. The molecule has 0 spiro atoms. The highest BCUT2D eigenvalue weighted by Crippen LogP contribution is 2.22. The van der Waals surface area contributed by atoms with Crippen LogP contribution in [0.15, 0.2) is 0 Å². The van der Waals surface area contributed by atoms with Crippen molar-refractivity contribution < 1.29 is 14.7 Å². The van der Waals surface area contributed by atoms with Gasteiger partial charge in [-0.15, -0.1) is 0 Å². The summed E-state index contributed by atoms with van der Waals surface area (Å²) in [6.45, 7) is 2.36. The van der Waals surface area contributed by atoms with Gasteiger partial charge in [0, 0.05) is 19.0 Å². The van der Waals surface area contributed by atoms with Crippen molar-refractivity contribution in [3.8, 4) is 0 Å². The maximum atomic E-state index is 11.5. The summed E-state index contributed by atoms with van der Waals surface area (Å²) in [6, 6.07) is 0.161. The van der Waals surface area contributed by atoms with E-state index < -0.39 is 11.9 Å². The van der Waals surface area contributed by atoms with Gasteiger partial charge in [0.25, 0.3) is 0 Å². The first-order valence-electron chi connectivity index (χ1n) is 5.07. The van der Waals surface area contributed by atoms with E-state index in [2.05, 4.69) is 0 Å². The number of amides is 1. The number of rotatable bonds is 5. The smallest absolute Gasteiger partial charge is 0.308 e. The molecule has 0 radical (unpaired) electrons. The molecule has 2 unspecified atom stereocenters. The van der Waals surface area contributed by atoms with Crippen LogP contribution in [0.4, 0.5) is 0 Å². The van der Waals surface area contributed by atoms with E-state index in [0.717, 1.165) is 12.2 Å². The maximum Gasteiger partial charge on any atom is 0.308 e. The summed E-state index contributed by atoms with van der Waals surface area (Å²) in [7, 11) is 0. The van der Waals surface area contributed by atoms with Gasteiger partial charge in [0.2, 0.25) is 5.91 Å². The van der Waals surface area contributed by atoms with Crippen molar-refractivity contribution in [1.29, 1.82) is 0 Å². The van der Waals surface area contributed by atoms with Gasteiger partial charge in [-0.2, -0.15) is 11.8 Å². The van der Waals surface area contributed by atoms with Crippen LogP contribution in [0, 0.1) is 5.92 Å². The lowest BCUT2D eigenvalue weighted by atomic mass is 10.1. The summed E-state index contributed by atoms with van der Waals surface area (Å²) in [4.78, 5) is 24.0. The summed E-state index contributed by atoms with van der Waals surface area (Å²) in [5.74, 6) is -0.379. The zero-order valence-corrected chi connectivity index (χ0v) is 9.92. The van der Waals surface area contributed by atoms with E-state index in [9.17, 15) is 9.59 Å². The zero-order valence-electron chi connectivity index (χ0n) is 9.10. The minimum absolute atomic E-state index is 0.0176. The van der Waals surface area contributed by atoms with Crippen LogP contribution in [0.3, 0.4) is 0 Å². The van der Waals surface area contributed by atoms with Gasteiger partial charge in [-0.05, 0) is 25.4 Å². The number of hydrogen-bond acceptors (Lipinski definition) is 3. The van der Waals surface area contributed by atoms with Crippen molar-refractivity contribution in [2.24, 2.45) is 5.92 Å². The Hall–Kier alpha value is -0.710. The van der Waals surface area contributed by atoms with Gasteiger partial charge in [-0.3, -0.25) is 9.59 Å². The molecule has 1 heterocycles. The highest BCUT2D eigenvalue weighted by atomic mass is 32.2. The molecule has 1 N–H and O–H groups in total. The van der Waals surface area contributed by atoms with Crippen molar-refractivity contribution in [1.82, 2.24) is 4.90 Å². The van der Waals surface area contributed by atoms with Crippen LogP contribution in [0.5, 0.6) is 0 Å². The molecule has 0 aliphatic carbocycles. The van der Waals surface area contributed by atoms with Crippen molar-refractivity contribution in [2.75, 3.05) is 18.6 Å². The Kier molecular flexibility index (Phi) is 4.45. The molecular weight excluding hydrogens is 214 g/mol. The van der Waals surface area contributed by atoms with Crippen LogP contribution in [0.1, 0.15) is 19.8 Å². The molecule has 1 aliphatic rings. The third-order valence-electron chi connectivity index (χ3n) is 2.78. The van der Waals surface area contributed by atoms with Crippen LogP contribution in [-0.2, 0) is 9.59 Å². The van der Waals surface area contributed by atoms with Gasteiger partial charge in [0.05, 0.1) is 5.92 Å². The number of hydrogen-bond donors (Lipinski definition) is 1. The summed E-state index contributed by atoms with van der Waals surface area (Å²) in [5.41, 5.74) is 0. The van der Waals surface area contributed by atoms with Crippen molar-refractivity contribution in [3.63, 3.8) is 0 Å². The van der Waals surface area contributed by atoms with Gasteiger partial charge >= 0.3 is 5.97 Å². The third kappa shape index (κ3) is 3.12. The standard InChI is InChI=1S/C10H17NO3S/c1-7(3-4-15-2)11-6-8(10(13)14)5-9(11)12/h7-8H,3-6H2,1-2H3,(H,13,14). The first-order chi connectivity index (χ1) is 7.06. The largest absolute Gasteiger partial charge is 0.481 e. The molecule has 1 amide bonds. The predicted octanol–water partition coefficient (Wildman–Crippen LogP) is 1.06. The van der Waals surface area contributed by atoms with E-state index in [1.165, 1.54) is 0 Å². The lowest BCUT2D eigenvalue weighted by molar-refractivity contribution is -0.141. The molecule has 0 saturated carbocycles. The quantitative estimate of drug-likeness (QED) is 0.768. The van der Waals surface area contributed by atoms with Crippen molar-refractivity contribution in [3.05, 3.63) is 0 Å². The fourth-order valence-electron chi connectivity index (χ4n) is 1.77. The molecule has 0 aromatic heterocycles. The Labute approximate surface area is 94.0 Å². The highest BCUT2D eigenvalue weighted by molar-refractivity contribution is 7.98. The van der Waals surface area contributed by atoms with Crippen LogP contribution < -0.4 is 0 Å². The van der Waals surface area contributed by atoms with Gasteiger partial charge in [0.1, 0.15) is 0 Å². The molecule has 1 saturated heterocycles. The molecule has 1 fully saturated rings. The fourth-order valence-corrected chi connectivity index (χ4v) is 2.34.